The predicted molar refractivity (Wildman–Crippen MR) is 192 cm³/mol. The number of nitrogens with zero attached hydrogens (tertiary/aromatic N) is 2. The fourth-order valence-electron chi connectivity index (χ4n) is 5.17. The van der Waals surface area contributed by atoms with Crippen LogP contribution in [-0.2, 0) is 29.3 Å². The molecule has 0 aliphatic rings. The molecule has 0 saturated carbocycles. The first kappa shape index (κ1) is 40.9. The Hall–Kier alpha value is -3.17. The van der Waals surface area contributed by atoms with E-state index in [9.17, 15) is 10.2 Å². The summed E-state index contributed by atoms with van der Waals surface area (Å²) in [6.45, 7) is 8.59. The van der Waals surface area contributed by atoms with Gasteiger partial charge < -0.3 is 10.2 Å². The molecule has 0 fully saturated rings. The number of allylic oxidation sites excluding steroid dienone is 2. The van der Waals surface area contributed by atoms with Crippen LogP contribution in [0.3, 0.4) is 0 Å². The zero-order chi connectivity index (χ0) is 32.5. The third-order valence-electron chi connectivity index (χ3n) is 7.76. The number of aliphatic imine (C=N–C) groups is 2. The van der Waals surface area contributed by atoms with Crippen molar-refractivity contribution in [3.8, 4) is 11.5 Å². The molecule has 46 heavy (non-hydrogen) atoms. The maximum absolute atomic E-state index is 11.1. The van der Waals surface area contributed by atoms with Gasteiger partial charge in [0, 0.05) is 0 Å². The topological polar surface area (TPSA) is 70.8 Å². The maximum atomic E-state index is 11.1. The SMILES string of the molecule is CCCCCCC=CC(=Nc1ccccc1)C(CCCCCCCC)=Nc1ccccc1.CCCc1cc([O-])c([O-])cc1CC.[Ni+2]. The van der Waals surface area contributed by atoms with Crippen molar-refractivity contribution in [2.24, 2.45) is 9.98 Å². The fourth-order valence-corrected chi connectivity index (χ4v) is 5.17. The van der Waals surface area contributed by atoms with Gasteiger partial charge in [0.05, 0.1) is 22.8 Å². The molecule has 0 bridgehead atoms. The van der Waals surface area contributed by atoms with Crippen LogP contribution in [0.1, 0.15) is 122 Å². The molecule has 4 nitrogen and oxygen atoms in total. The average Bonchev–Trinajstić information content (AvgIpc) is 3.06. The Morgan fingerprint density at radius 3 is 1.70 bits per heavy atom. The first-order valence-electron chi connectivity index (χ1n) is 17.4. The van der Waals surface area contributed by atoms with Gasteiger partial charge >= 0.3 is 16.5 Å². The van der Waals surface area contributed by atoms with Gasteiger partial charge in [0.2, 0.25) is 0 Å². The second-order valence-corrected chi connectivity index (χ2v) is 11.7. The fraction of sp³-hybridized carbons (Fsp3) is 0.463. The van der Waals surface area contributed by atoms with Gasteiger partial charge in [-0.05, 0) is 80.0 Å². The summed E-state index contributed by atoms with van der Waals surface area (Å²) in [5.41, 5.74) is 6.15. The van der Waals surface area contributed by atoms with Crippen molar-refractivity contribution in [2.45, 2.75) is 124 Å². The number of rotatable bonds is 19. The largest absolute Gasteiger partial charge is 2.00 e. The Balaban J connectivity index is 0.000000633. The molecule has 0 radical (unpaired) electrons. The number of para-hydroxylation sites is 2. The van der Waals surface area contributed by atoms with Gasteiger partial charge in [-0.15, -0.1) is 11.5 Å². The summed E-state index contributed by atoms with van der Waals surface area (Å²) >= 11 is 0. The third-order valence-corrected chi connectivity index (χ3v) is 7.76. The quantitative estimate of drug-likeness (QED) is 0.0725. The van der Waals surface area contributed by atoms with Gasteiger partial charge in [0.15, 0.2) is 0 Å². The van der Waals surface area contributed by atoms with Crippen molar-refractivity contribution in [3.05, 3.63) is 96.1 Å². The molecule has 0 aromatic heterocycles. The second-order valence-electron chi connectivity index (χ2n) is 11.7. The van der Waals surface area contributed by atoms with E-state index in [1.807, 2.05) is 31.2 Å². The van der Waals surface area contributed by atoms with Gasteiger partial charge in [0.25, 0.3) is 0 Å². The number of hydrogen-bond donors (Lipinski definition) is 0. The first-order valence-corrected chi connectivity index (χ1v) is 17.4. The molecule has 0 aliphatic carbocycles. The van der Waals surface area contributed by atoms with Crippen LogP contribution in [0, 0.1) is 0 Å². The van der Waals surface area contributed by atoms with Gasteiger partial charge in [0.1, 0.15) is 0 Å². The minimum absolute atomic E-state index is 0. The van der Waals surface area contributed by atoms with Gasteiger partial charge in [-0.25, -0.2) is 4.99 Å². The van der Waals surface area contributed by atoms with Crippen LogP contribution >= 0.6 is 0 Å². The van der Waals surface area contributed by atoms with Crippen LogP contribution < -0.4 is 10.2 Å². The molecule has 0 atom stereocenters. The Morgan fingerprint density at radius 2 is 1.13 bits per heavy atom. The Kier molecular flexibility index (Phi) is 23.1. The molecule has 3 rings (SSSR count). The molecule has 3 aromatic carbocycles. The maximum Gasteiger partial charge on any atom is 2.00 e. The van der Waals surface area contributed by atoms with Gasteiger partial charge in [-0.2, -0.15) is 0 Å². The molecule has 252 valence electrons. The zero-order valence-corrected chi connectivity index (χ0v) is 29.7. The van der Waals surface area contributed by atoms with Crippen LogP contribution in [0.5, 0.6) is 11.5 Å². The standard InChI is InChI=1S/C30H42N2.C11H16O2.Ni/c1-3-5-7-9-11-19-25-29(31-27-21-15-13-16-22-27)30(26-20-12-10-8-6-4-2)32-28-23-17-14-18-24-28;1-3-5-9-7-11(13)10(12)6-8(9)4-2;/h13-19,21-25H,3-12,20,26H2,1-2H3;6-7,12-13H,3-5H2,1-2H3;/q;;+2/p-2. The molecule has 0 aliphatic heterocycles. The second kappa shape index (κ2) is 26.0. The van der Waals surface area contributed by atoms with Crippen molar-refractivity contribution in [1.82, 2.24) is 0 Å². The van der Waals surface area contributed by atoms with E-state index >= 15 is 0 Å². The van der Waals surface area contributed by atoms with Gasteiger partial charge in [-0.1, -0.05) is 140 Å². The van der Waals surface area contributed by atoms with Crippen molar-refractivity contribution >= 4 is 22.8 Å². The molecule has 0 unspecified atom stereocenters. The van der Waals surface area contributed by atoms with Crippen molar-refractivity contribution in [2.75, 3.05) is 0 Å². The Labute approximate surface area is 290 Å². The third kappa shape index (κ3) is 16.9. The summed E-state index contributed by atoms with van der Waals surface area (Å²) in [7, 11) is 0. The van der Waals surface area contributed by atoms with Crippen LogP contribution in [0.2, 0.25) is 0 Å². The molecule has 0 saturated heterocycles. The van der Waals surface area contributed by atoms with Crippen LogP contribution in [-0.4, -0.2) is 11.4 Å². The van der Waals surface area contributed by atoms with Crippen LogP contribution in [0.15, 0.2) is 94.9 Å². The number of unbranched alkanes of at least 4 members (excludes halogenated alkanes) is 9. The van der Waals surface area contributed by atoms with Crippen molar-refractivity contribution in [3.63, 3.8) is 0 Å². The van der Waals surface area contributed by atoms with Gasteiger partial charge in [-0.3, -0.25) is 4.99 Å². The molecule has 0 spiro atoms. The predicted octanol–water partition coefficient (Wildman–Crippen LogP) is 11.2. The summed E-state index contributed by atoms with van der Waals surface area (Å²) < 4.78 is 0. The summed E-state index contributed by atoms with van der Waals surface area (Å²) in [6, 6.07) is 23.6. The van der Waals surface area contributed by atoms with E-state index in [0.717, 1.165) is 72.4 Å². The molecule has 0 heterocycles. The number of aryl methyl sites for hydroxylation is 2. The van der Waals surface area contributed by atoms with Crippen molar-refractivity contribution < 1.29 is 26.7 Å². The van der Waals surface area contributed by atoms with Crippen molar-refractivity contribution in [1.29, 1.82) is 0 Å². The normalized spacial score (nSPS) is 11.7. The van der Waals surface area contributed by atoms with E-state index in [2.05, 4.69) is 69.3 Å². The van der Waals surface area contributed by atoms with E-state index in [1.54, 1.807) is 0 Å². The number of hydrogen-bond acceptors (Lipinski definition) is 4. The molecule has 5 heteroatoms. The zero-order valence-electron chi connectivity index (χ0n) is 28.7. The number of benzene rings is 3. The molecular formula is C41H56N2NiO2. The molecule has 0 amide bonds. The van der Waals surface area contributed by atoms with Crippen LogP contribution in [0.4, 0.5) is 11.4 Å². The molecule has 3 aromatic rings. The first-order chi connectivity index (χ1) is 22.0. The summed E-state index contributed by atoms with van der Waals surface area (Å²) in [5.74, 6) is -0.752. The Bertz CT molecular complexity index is 1290. The van der Waals surface area contributed by atoms with E-state index in [0.29, 0.717) is 0 Å². The van der Waals surface area contributed by atoms with E-state index in [1.165, 1.54) is 69.9 Å². The molecular weight excluding hydrogens is 611 g/mol. The summed E-state index contributed by atoms with van der Waals surface area (Å²) in [5, 5.41) is 22.1. The van der Waals surface area contributed by atoms with E-state index in [4.69, 9.17) is 9.98 Å². The smallest absolute Gasteiger partial charge is 0.873 e. The monoisotopic (exact) mass is 666 g/mol. The molecule has 0 N–H and O–H groups in total. The summed E-state index contributed by atoms with van der Waals surface area (Å²) in [4.78, 5) is 10.1. The average molecular weight is 668 g/mol. The van der Waals surface area contributed by atoms with Crippen LogP contribution in [0.25, 0.3) is 0 Å². The summed E-state index contributed by atoms with van der Waals surface area (Å²) in [6.07, 6.45) is 22.1. The Morgan fingerprint density at radius 1 is 0.609 bits per heavy atom. The van der Waals surface area contributed by atoms with E-state index in [-0.39, 0.29) is 28.0 Å². The van der Waals surface area contributed by atoms with E-state index < -0.39 is 0 Å². The minimum atomic E-state index is -0.378. The minimum Gasteiger partial charge on any atom is -0.873 e.